The van der Waals surface area contributed by atoms with Crippen LogP contribution in [0.25, 0.3) is 27.9 Å². The third kappa shape index (κ3) is 2.58. The molecule has 0 fully saturated rings. The van der Waals surface area contributed by atoms with Gasteiger partial charge in [-0.05, 0) is 42.5 Å². The fourth-order valence-corrected chi connectivity index (χ4v) is 3.21. The Morgan fingerprint density at radius 2 is 1.89 bits per heavy atom. The second kappa shape index (κ2) is 6.03. The number of carbonyl (C=O) groups excluding carboxylic acids is 1. The van der Waals surface area contributed by atoms with E-state index in [0.29, 0.717) is 33.1 Å². The van der Waals surface area contributed by atoms with Crippen molar-refractivity contribution in [2.45, 2.75) is 0 Å². The first-order valence-corrected chi connectivity index (χ1v) is 8.66. The molecule has 0 aliphatic carbocycles. The van der Waals surface area contributed by atoms with Gasteiger partial charge in [-0.1, -0.05) is 17.7 Å². The van der Waals surface area contributed by atoms with E-state index in [1.165, 1.54) is 0 Å². The second-order valence-electron chi connectivity index (χ2n) is 6.05. The largest absolute Gasteiger partial charge is 0.334 e. The molecular weight excluding hydrogens is 362 g/mol. The van der Waals surface area contributed by atoms with Crippen molar-refractivity contribution in [3.8, 4) is 11.4 Å². The first-order chi connectivity index (χ1) is 13.2. The van der Waals surface area contributed by atoms with E-state index in [2.05, 4.69) is 19.9 Å². The minimum atomic E-state index is -0.268. The number of ketones is 1. The number of H-pyrrole nitrogens is 1. The van der Waals surface area contributed by atoms with Crippen LogP contribution in [0.2, 0.25) is 5.02 Å². The molecule has 130 valence electrons. The van der Waals surface area contributed by atoms with Gasteiger partial charge in [-0.15, -0.1) is 0 Å². The number of fused-ring (bicyclic) bond motifs is 2. The average Bonchev–Trinajstić information content (AvgIpc) is 3.30. The Morgan fingerprint density at radius 1 is 1.04 bits per heavy atom. The SMILES string of the molecule is O=C(c1nc2ccncc2[nH]1)c1nc(-c2ccc(Cl)cc2)n2ccccc12. The molecule has 1 aromatic carbocycles. The normalized spacial score (nSPS) is 11.3. The highest BCUT2D eigenvalue weighted by Crippen LogP contribution is 2.25. The van der Waals surface area contributed by atoms with Gasteiger partial charge in [-0.25, -0.2) is 9.97 Å². The highest BCUT2D eigenvalue weighted by Gasteiger charge is 2.22. The number of imidazole rings is 2. The van der Waals surface area contributed by atoms with Crippen LogP contribution in [0, 0.1) is 0 Å². The summed E-state index contributed by atoms with van der Waals surface area (Å²) in [6.45, 7) is 0. The van der Waals surface area contributed by atoms with Gasteiger partial charge in [0.1, 0.15) is 11.5 Å². The average molecular weight is 374 g/mol. The molecule has 6 nitrogen and oxygen atoms in total. The van der Waals surface area contributed by atoms with Crippen LogP contribution in [0.4, 0.5) is 0 Å². The van der Waals surface area contributed by atoms with Gasteiger partial charge in [0.05, 0.1) is 22.7 Å². The molecule has 7 heteroatoms. The number of pyridine rings is 2. The molecule has 0 saturated heterocycles. The zero-order chi connectivity index (χ0) is 18.4. The molecule has 0 aliphatic heterocycles. The Kier molecular flexibility index (Phi) is 3.51. The lowest BCUT2D eigenvalue weighted by Gasteiger charge is -2.00. The summed E-state index contributed by atoms with van der Waals surface area (Å²) < 4.78 is 1.89. The van der Waals surface area contributed by atoms with Crippen molar-refractivity contribution in [3.63, 3.8) is 0 Å². The maximum absolute atomic E-state index is 13.1. The van der Waals surface area contributed by atoms with E-state index >= 15 is 0 Å². The third-order valence-electron chi connectivity index (χ3n) is 4.36. The van der Waals surface area contributed by atoms with E-state index in [1.807, 2.05) is 40.9 Å². The number of rotatable bonds is 3. The van der Waals surface area contributed by atoms with Crippen molar-refractivity contribution in [1.82, 2.24) is 24.3 Å². The lowest BCUT2D eigenvalue weighted by molar-refractivity contribution is 0.102. The first-order valence-electron chi connectivity index (χ1n) is 8.28. The topological polar surface area (TPSA) is 75.9 Å². The molecule has 5 aromatic rings. The van der Waals surface area contributed by atoms with Crippen molar-refractivity contribution in [2.24, 2.45) is 0 Å². The molecule has 0 spiro atoms. The molecule has 0 radical (unpaired) electrons. The Labute approximate surface area is 158 Å². The predicted molar refractivity (Wildman–Crippen MR) is 103 cm³/mol. The van der Waals surface area contributed by atoms with Crippen LogP contribution in [0.5, 0.6) is 0 Å². The Hall–Kier alpha value is -3.51. The van der Waals surface area contributed by atoms with Crippen molar-refractivity contribution in [3.05, 3.63) is 83.7 Å². The summed E-state index contributed by atoms with van der Waals surface area (Å²) in [6, 6.07) is 14.8. The lowest BCUT2D eigenvalue weighted by atomic mass is 10.2. The van der Waals surface area contributed by atoms with Gasteiger partial charge < -0.3 is 4.98 Å². The fourth-order valence-electron chi connectivity index (χ4n) is 3.08. The smallest absolute Gasteiger partial charge is 0.248 e. The van der Waals surface area contributed by atoms with E-state index in [4.69, 9.17) is 11.6 Å². The van der Waals surface area contributed by atoms with E-state index in [9.17, 15) is 4.79 Å². The van der Waals surface area contributed by atoms with Crippen LogP contribution in [-0.2, 0) is 0 Å². The number of hydrogen-bond donors (Lipinski definition) is 1. The van der Waals surface area contributed by atoms with Crippen molar-refractivity contribution < 1.29 is 4.79 Å². The number of nitrogens with one attached hydrogen (secondary N) is 1. The van der Waals surface area contributed by atoms with E-state index in [0.717, 1.165) is 5.56 Å². The lowest BCUT2D eigenvalue weighted by Crippen LogP contribution is -2.04. The summed E-state index contributed by atoms with van der Waals surface area (Å²) in [4.78, 5) is 29.2. The Bertz CT molecular complexity index is 1270. The first kappa shape index (κ1) is 15.7. The molecule has 1 N–H and O–H groups in total. The summed E-state index contributed by atoms with van der Waals surface area (Å²) >= 11 is 5.99. The molecule has 5 rings (SSSR count). The molecule has 0 atom stereocenters. The number of aromatic amines is 1. The number of halogens is 1. The van der Waals surface area contributed by atoms with Gasteiger partial charge in [0.15, 0.2) is 5.82 Å². The Balaban J connectivity index is 1.69. The summed E-state index contributed by atoms with van der Waals surface area (Å²) in [5.41, 5.74) is 3.32. The van der Waals surface area contributed by atoms with Crippen LogP contribution < -0.4 is 0 Å². The van der Waals surface area contributed by atoms with E-state index in [1.54, 1.807) is 30.6 Å². The summed E-state index contributed by atoms with van der Waals surface area (Å²) in [6.07, 6.45) is 5.16. The van der Waals surface area contributed by atoms with Gasteiger partial charge in [0.2, 0.25) is 5.78 Å². The van der Waals surface area contributed by atoms with Gasteiger partial charge in [0.25, 0.3) is 0 Å². The molecule has 4 heterocycles. The second-order valence-corrected chi connectivity index (χ2v) is 6.49. The maximum atomic E-state index is 13.1. The Morgan fingerprint density at radius 3 is 2.70 bits per heavy atom. The fraction of sp³-hybridized carbons (Fsp3) is 0. The van der Waals surface area contributed by atoms with Gasteiger partial charge in [-0.3, -0.25) is 14.2 Å². The maximum Gasteiger partial charge on any atom is 0.248 e. The minimum absolute atomic E-state index is 0.240. The predicted octanol–water partition coefficient (Wildman–Crippen LogP) is 4.16. The van der Waals surface area contributed by atoms with Gasteiger partial charge in [0, 0.05) is 23.0 Å². The quantitative estimate of drug-likeness (QED) is 0.482. The molecule has 27 heavy (non-hydrogen) atoms. The highest BCUT2D eigenvalue weighted by atomic mass is 35.5. The van der Waals surface area contributed by atoms with E-state index in [-0.39, 0.29) is 11.6 Å². The number of benzene rings is 1. The van der Waals surface area contributed by atoms with E-state index < -0.39 is 0 Å². The van der Waals surface area contributed by atoms with Gasteiger partial charge in [-0.2, -0.15) is 0 Å². The summed E-state index contributed by atoms with van der Waals surface area (Å²) in [7, 11) is 0. The molecular formula is C20H12ClN5O. The zero-order valence-electron chi connectivity index (χ0n) is 13.9. The van der Waals surface area contributed by atoms with Crippen LogP contribution in [0.1, 0.15) is 16.3 Å². The van der Waals surface area contributed by atoms with Crippen LogP contribution in [0.15, 0.2) is 67.1 Å². The summed E-state index contributed by atoms with van der Waals surface area (Å²) in [5, 5.41) is 0.645. The molecule has 0 unspecified atom stereocenters. The zero-order valence-corrected chi connectivity index (χ0v) is 14.7. The summed E-state index contributed by atoms with van der Waals surface area (Å²) in [5.74, 6) is 0.642. The molecule has 4 aromatic heterocycles. The van der Waals surface area contributed by atoms with Gasteiger partial charge >= 0.3 is 0 Å². The van der Waals surface area contributed by atoms with Crippen LogP contribution in [-0.4, -0.2) is 30.1 Å². The monoisotopic (exact) mass is 373 g/mol. The number of nitrogens with zero attached hydrogens (tertiary/aromatic N) is 4. The van der Waals surface area contributed by atoms with Crippen molar-refractivity contribution in [1.29, 1.82) is 0 Å². The number of carbonyl (C=O) groups is 1. The van der Waals surface area contributed by atoms with Crippen molar-refractivity contribution >= 4 is 33.9 Å². The standard InChI is InChI=1S/C20H12ClN5O/c21-13-6-4-12(5-7-13)20-25-17(16-3-1-2-10-26(16)20)18(27)19-23-14-8-9-22-11-15(14)24-19/h1-11H,(H,23,24). The third-order valence-corrected chi connectivity index (χ3v) is 4.62. The van der Waals surface area contributed by atoms with Crippen LogP contribution in [0.3, 0.4) is 0 Å². The molecule has 0 aliphatic rings. The van der Waals surface area contributed by atoms with Crippen molar-refractivity contribution in [2.75, 3.05) is 0 Å². The minimum Gasteiger partial charge on any atom is -0.334 e. The highest BCUT2D eigenvalue weighted by molar-refractivity contribution is 6.30. The molecule has 0 bridgehead atoms. The number of hydrogen-bond acceptors (Lipinski definition) is 4. The number of aromatic nitrogens is 5. The van der Waals surface area contributed by atoms with Crippen LogP contribution >= 0.6 is 11.6 Å². The molecule has 0 saturated carbocycles. The molecule has 0 amide bonds.